The zero-order valence-electron chi connectivity index (χ0n) is 14.0. The Kier molecular flexibility index (Phi) is 6.03. The molecule has 4 heteroatoms. The minimum atomic E-state index is -0.0580. The summed E-state index contributed by atoms with van der Waals surface area (Å²) in [6.45, 7) is 5.16. The summed E-state index contributed by atoms with van der Waals surface area (Å²) in [6, 6.07) is 17.3. The van der Waals surface area contributed by atoms with Crippen molar-refractivity contribution in [2.75, 3.05) is 30.4 Å². The fraction of sp³-hybridized carbons (Fsp3) is 0.316. The maximum Gasteiger partial charge on any atom is 0.243 e. The van der Waals surface area contributed by atoms with Crippen molar-refractivity contribution in [2.24, 2.45) is 5.92 Å². The van der Waals surface area contributed by atoms with E-state index in [9.17, 15) is 4.79 Å². The van der Waals surface area contributed by atoms with Crippen LogP contribution in [0.15, 0.2) is 54.6 Å². The minimum Gasteiger partial charge on any atom is -0.493 e. The molecule has 0 aliphatic rings. The molecule has 0 fully saturated rings. The molecule has 0 atom stereocenters. The first-order valence-corrected chi connectivity index (χ1v) is 7.83. The van der Waals surface area contributed by atoms with Crippen molar-refractivity contribution in [2.45, 2.75) is 13.8 Å². The van der Waals surface area contributed by atoms with Gasteiger partial charge in [-0.3, -0.25) is 4.79 Å². The molecule has 2 aromatic carbocycles. The quantitative estimate of drug-likeness (QED) is 0.845. The number of anilines is 2. The molecule has 0 saturated heterocycles. The van der Waals surface area contributed by atoms with Gasteiger partial charge >= 0.3 is 0 Å². The van der Waals surface area contributed by atoms with Gasteiger partial charge in [-0.05, 0) is 30.2 Å². The molecule has 0 aromatic heterocycles. The van der Waals surface area contributed by atoms with Crippen LogP contribution in [0.25, 0.3) is 0 Å². The predicted octanol–water partition coefficient (Wildman–Crippen LogP) is 3.80. The van der Waals surface area contributed by atoms with Crippen LogP contribution >= 0.6 is 0 Å². The number of rotatable bonds is 7. The second-order valence-corrected chi connectivity index (χ2v) is 5.97. The van der Waals surface area contributed by atoms with Crippen LogP contribution in [-0.4, -0.2) is 26.1 Å². The first-order chi connectivity index (χ1) is 11.0. The molecule has 0 spiro atoms. The van der Waals surface area contributed by atoms with E-state index in [-0.39, 0.29) is 5.91 Å². The molecule has 0 radical (unpaired) electrons. The van der Waals surface area contributed by atoms with Crippen LogP contribution in [0.3, 0.4) is 0 Å². The van der Waals surface area contributed by atoms with E-state index < -0.39 is 0 Å². The SMILES string of the molecule is CC(C)COc1cccc(NC(=O)CN(C)c2ccccc2)c1. The Bertz CT molecular complexity index is 626. The number of carbonyl (C=O) groups is 1. The van der Waals surface area contributed by atoms with Gasteiger partial charge in [-0.25, -0.2) is 0 Å². The third-order valence-electron chi connectivity index (χ3n) is 3.28. The van der Waals surface area contributed by atoms with E-state index in [1.807, 2.05) is 66.5 Å². The Labute approximate surface area is 138 Å². The number of hydrogen-bond acceptors (Lipinski definition) is 3. The highest BCUT2D eigenvalue weighted by Crippen LogP contribution is 2.18. The Morgan fingerprint density at radius 2 is 1.87 bits per heavy atom. The van der Waals surface area contributed by atoms with Crippen molar-refractivity contribution < 1.29 is 9.53 Å². The largest absolute Gasteiger partial charge is 0.493 e. The summed E-state index contributed by atoms with van der Waals surface area (Å²) in [5.74, 6) is 1.18. The van der Waals surface area contributed by atoms with E-state index in [4.69, 9.17) is 4.74 Å². The van der Waals surface area contributed by atoms with Crippen LogP contribution < -0.4 is 15.0 Å². The number of ether oxygens (including phenoxy) is 1. The number of hydrogen-bond donors (Lipinski definition) is 1. The van der Waals surface area contributed by atoms with Gasteiger partial charge in [-0.1, -0.05) is 38.1 Å². The van der Waals surface area contributed by atoms with E-state index in [0.29, 0.717) is 19.1 Å². The lowest BCUT2D eigenvalue weighted by Crippen LogP contribution is -2.29. The number of amides is 1. The average Bonchev–Trinajstić information content (AvgIpc) is 2.54. The molecule has 0 saturated carbocycles. The summed E-state index contributed by atoms with van der Waals surface area (Å²) in [5, 5.41) is 2.91. The Balaban J connectivity index is 1.91. The summed E-state index contributed by atoms with van der Waals surface area (Å²) in [7, 11) is 1.90. The topological polar surface area (TPSA) is 41.6 Å². The number of benzene rings is 2. The molecule has 2 rings (SSSR count). The number of nitrogens with one attached hydrogen (secondary N) is 1. The van der Waals surface area contributed by atoms with E-state index in [1.54, 1.807) is 0 Å². The third kappa shape index (κ3) is 5.66. The number of para-hydroxylation sites is 1. The van der Waals surface area contributed by atoms with Crippen LogP contribution in [0, 0.1) is 5.92 Å². The van der Waals surface area contributed by atoms with Gasteiger partial charge in [-0.2, -0.15) is 0 Å². The predicted molar refractivity (Wildman–Crippen MR) is 95.1 cm³/mol. The Morgan fingerprint density at radius 3 is 2.57 bits per heavy atom. The second kappa shape index (κ2) is 8.22. The Hall–Kier alpha value is -2.49. The fourth-order valence-electron chi connectivity index (χ4n) is 2.12. The van der Waals surface area contributed by atoms with Gasteiger partial charge < -0.3 is 15.0 Å². The lowest BCUT2D eigenvalue weighted by atomic mass is 10.2. The normalized spacial score (nSPS) is 10.4. The molecule has 2 aromatic rings. The van der Waals surface area contributed by atoms with E-state index >= 15 is 0 Å². The minimum absolute atomic E-state index is 0.0580. The molecule has 122 valence electrons. The van der Waals surface area contributed by atoms with Crippen LogP contribution in [-0.2, 0) is 4.79 Å². The standard InChI is InChI=1S/C19H24N2O2/c1-15(2)14-23-18-11-7-8-16(12-18)20-19(22)13-21(3)17-9-5-4-6-10-17/h4-12,15H,13-14H2,1-3H3,(H,20,22). The molecular weight excluding hydrogens is 288 g/mol. The van der Waals surface area contributed by atoms with Crippen LogP contribution in [0.4, 0.5) is 11.4 Å². The molecule has 1 N–H and O–H groups in total. The molecule has 0 aliphatic carbocycles. The van der Waals surface area contributed by atoms with Crippen molar-refractivity contribution in [3.63, 3.8) is 0 Å². The summed E-state index contributed by atoms with van der Waals surface area (Å²) >= 11 is 0. The smallest absolute Gasteiger partial charge is 0.243 e. The van der Waals surface area contributed by atoms with Gasteiger partial charge in [0, 0.05) is 24.5 Å². The zero-order chi connectivity index (χ0) is 16.7. The second-order valence-electron chi connectivity index (χ2n) is 5.97. The third-order valence-corrected chi connectivity index (χ3v) is 3.28. The lowest BCUT2D eigenvalue weighted by molar-refractivity contribution is -0.114. The summed E-state index contributed by atoms with van der Waals surface area (Å²) in [6.07, 6.45) is 0. The molecule has 0 aliphatic heterocycles. The van der Waals surface area contributed by atoms with Crippen molar-refractivity contribution >= 4 is 17.3 Å². The first-order valence-electron chi connectivity index (χ1n) is 7.83. The summed E-state index contributed by atoms with van der Waals surface area (Å²) in [5.41, 5.74) is 1.76. The molecule has 23 heavy (non-hydrogen) atoms. The van der Waals surface area contributed by atoms with Crippen LogP contribution in [0.5, 0.6) is 5.75 Å². The average molecular weight is 312 g/mol. The van der Waals surface area contributed by atoms with Crippen LogP contribution in [0.2, 0.25) is 0 Å². The fourth-order valence-corrected chi connectivity index (χ4v) is 2.12. The molecular formula is C19H24N2O2. The first kappa shape index (κ1) is 16.9. The summed E-state index contributed by atoms with van der Waals surface area (Å²) < 4.78 is 5.68. The van der Waals surface area contributed by atoms with Gasteiger partial charge in [0.1, 0.15) is 5.75 Å². The zero-order valence-corrected chi connectivity index (χ0v) is 14.0. The maximum absolute atomic E-state index is 12.2. The van der Waals surface area contributed by atoms with Crippen molar-refractivity contribution in [1.29, 1.82) is 0 Å². The van der Waals surface area contributed by atoms with E-state index in [0.717, 1.165) is 17.1 Å². The molecule has 1 amide bonds. The van der Waals surface area contributed by atoms with E-state index in [2.05, 4.69) is 19.2 Å². The Morgan fingerprint density at radius 1 is 1.13 bits per heavy atom. The van der Waals surface area contributed by atoms with E-state index in [1.165, 1.54) is 0 Å². The summed E-state index contributed by atoms with van der Waals surface area (Å²) in [4.78, 5) is 14.1. The number of nitrogens with zero attached hydrogens (tertiary/aromatic N) is 1. The van der Waals surface area contributed by atoms with Gasteiger partial charge in [-0.15, -0.1) is 0 Å². The van der Waals surface area contributed by atoms with Crippen LogP contribution in [0.1, 0.15) is 13.8 Å². The number of carbonyl (C=O) groups excluding carboxylic acids is 1. The highest BCUT2D eigenvalue weighted by Gasteiger charge is 2.08. The van der Waals surface area contributed by atoms with Gasteiger partial charge in [0.05, 0.1) is 13.2 Å². The molecule has 0 unspecified atom stereocenters. The number of likely N-dealkylation sites (N-methyl/N-ethyl adjacent to an activating group) is 1. The van der Waals surface area contributed by atoms with Crippen molar-refractivity contribution in [3.05, 3.63) is 54.6 Å². The van der Waals surface area contributed by atoms with Gasteiger partial charge in [0.25, 0.3) is 0 Å². The molecule has 4 nitrogen and oxygen atoms in total. The molecule has 0 heterocycles. The maximum atomic E-state index is 12.2. The monoisotopic (exact) mass is 312 g/mol. The van der Waals surface area contributed by atoms with Gasteiger partial charge in [0.15, 0.2) is 0 Å². The lowest BCUT2D eigenvalue weighted by Gasteiger charge is -2.18. The highest BCUT2D eigenvalue weighted by atomic mass is 16.5. The van der Waals surface area contributed by atoms with Crippen molar-refractivity contribution in [3.8, 4) is 5.75 Å². The van der Waals surface area contributed by atoms with Gasteiger partial charge in [0.2, 0.25) is 5.91 Å². The van der Waals surface area contributed by atoms with Crippen molar-refractivity contribution in [1.82, 2.24) is 0 Å². The molecule has 0 bridgehead atoms. The highest BCUT2D eigenvalue weighted by molar-refractivity contribution is 5.94.